The number of nitrogens with one attached hydrogen (secondary N) is 2. The Balaban J connectivity index is 3.23. The van der Waals surface area contributed by atoms with Gasteiger partial charge in [-0.2, -0.15) is 0 Å². The summed E-state index contributed by atoms with van der Waals surface area (Å²) in [6.07, 6.45) is -0.716. The lowest BCUT2D eigenvalue weighted by molar-refractivity contribution is -0.145. The number of alkyl carbamates (subject to hydrolysis) is 1. The molecular formula is C23H35N3O6. The number of likely N-dealkylation sites (N-methyl/N-ethyl adjacent to an activating group) is 1. The van der Waals surface area contributed by atoms with Gasteiger partial charge < -0.3 is 25.0 Å². The summed E-state index contributed by atoms with van der Waals surface area (Å²) in [4.78, 5) is 51.8. The van der Waals surface area contributed by atoms with Gasteiger partial charge in [-0.25, -0.2) is 4.79 Å². The van der Waals surface area contributed by atoms with Crippen LogP contribution in [0.4, 0.5) is 4.79 Å². The molecule has 0 aliphatic rings. The largest absolute Gasteiger partial charge is 0.468 e. The lowest BCUT2D eigenvalue weighted by Gasteiger charge is -2.34. The number of methoxy groups -OCH3 is 1. The number of nitrogens with zero attached hydrogens (tertiary/aromatic N) is 1. The zero-order valence-electron chi connectivity index (χ0n) is 19.9. The van der Waals surface area contributed by atoms with Crippen LogP contribution in [0.15, 0.2) is 30.3 Å². The maximum absolute atomic E-state index is 13.5. The molecule has 178 valence electrons. The molecule has 3 amide bonds. The number of esters is 1. The Bertz CT molecular complexity index is 789. The average Bonchev–Trinajstić information content (AvgIpc) is 2.72. The van der Waals surface area contributed by atoms with E-state index in [-0.39, 0.29) is 19.0 Å². The number of amides is 3. The predicted octanol–water partition coefficient (Wildman–Crippen LogP) is 2.41. The minimum absolute atomic E-state index is 0.198. The molecule has 0 bridgehead atoms. The van der Waals surface area contributed by atoms with Crippen molar-refractivity contribution in [2.24, 2.45) is 5.92 Å². The highest BCUT2D eigenvalue weighted by Crippen LogP contribution is 2.23. The van der Waals surface area contributed by atoms with Crippen LogP contribution >= 0.6 is 0 Å². The molecule has 2 unspecified atom stereocenters. The van der Waals surface area contributed by atoms with Crippen molar-refractivity contribution in [3.05, 3.63) is 35.9 Å². The highest BCUT2D eigenvalue weighted by atomic mass is 16.6. The standard InChI is InChI=1S/C23H35N3O6/c1-8-26(21(29)18(15(2)3)25-22(30)32-23(4,5)6)19(16-12-10-9-11-13-16)20(28)24-14-17(27)31-7/h9-13,15,18-19H,8,14H2,1-7H3,(H,24,28)(H,25,30). The lowest BCUT2D eigenvalue weighted by Crippen LogP contribution is -2.55. The van der Waals surface area contributed by atoms with E-state index in [1.54, 1.807) is 71.9 Å². The van der Waals surface area contributed by atoms with E-state index in [0.29, 0.717) is 5.56 Å². The van der Waals surface area contributed by atoms with Crippen molar-refractivity contribution in [1.29, 1.82) is 0 Å². The summed E-state index contributed by atoms with van der Waals surface area (Å²) in [5.41, 5.74) is -0.149. The van der Waals surface area contributed by atoms with Gasteiger partial charge in [-0.05, 0) is 39.2 Å². The third kappa shape index (κ3) is 8.20. The van der Waals surface area contributed by atoms with E-state index in [9.17, 15) is 19.2 Å². The highest BCUT2D eigenvalue weighted by molar-refractivity contribution is 5.93. The molecule has 0 aromatic heterocycles. The fraction of sp³-hybridized carbons (Fsp3) is 0.565. The Kier molecular flexibility index (Phi) is 10.2. The molecule has 0 saturated heterocycles. The van der Waals surface area contributed by atoms with Crippen LogP contribution in [0.2, 0.25) is 0 Å². The summed E-state index contributed by atoms with van der Waals surface area (Å²) in [5.74, 6) is -1.84. The number of carbonyl (C=O) groups is 4. The third-order valence-corrected chi connectivity index (χ3v) is 4.54. The summed E-state index contributed by atoms with van der Waals surface area (Å²) < 4.78 is 9.88. The monoisotopic (exact) mass is 449 g/mol. The van der Waals surface area contributed by atoms with Crippen molar-refractivity contribution in [3.8, 4) is 0 Å². The SMILES string of the molecule is CCN(C(=O)C(NC(=O)OC(C)(C)C)C(C)C)C(C(=O)NCC(=O)OC)c1ccccc1. The molecular weight excluding hydrogens is 414 g/mol. The highest BCUT2D eigenvalue weighted by Gasteiger charge is 2.36. The Morgan fingerprint density at radius 3 is 2.12 bits per heavy atom. The predicted molar refractivity (Wildman–Crippen MR) is 120 cm³/mol. The third-order valence-electron chi connectivity index (χ3n) is 4.54. The molecule has 9 heteroatoms. The van der Waals surface area contributed by atoms with Crippen LogP contribution in [-0.2, 0) is 23.9 Å². The van der Waals surface area contributed by atoms with Crippen LogP contribution in [0.1, 0.15) is 53.1 Å². The molecule has 2 N–H and O–H groups in total. The molecule has 0 radical (unpaired) electrons. The van der Waals surface area contributed by atoms with Crippen LogP contribution in [0.3, 0.4) is 0 Å². The van der Waals surface area contributed by atoms with Gasteiger partial charge in [0.2, 0.25) is 11.8 Å². The van der Waals surface area contributed by atoms with E-state index < -0.39 is 41.6 Å². The molecule has 1 rings (SSSR count). The van der Waals surface area contributed by atoms with Gasteiger partial charge in [-0.15, -0.1) is 0 Å². The number of benzene rings is 1. The van der Waals surface area contributed by atoms with Crippen LogP contribution in [-0.4, -0.2) is 60.6 Å². The van der Waals surface area contributed by atoms with Crippen molar-refractivity contribution in [2.75, 3.05) is 20.2 Å². The van der Waals surface area contributed by atoms with Crippen LogP contribution in [0, 0.1) is 5.92 Å². The van der Waals surface area contributed by atoms with Gasteiger partial charge in [0.15, 0.2) is 0 Å². The minimum Gasteiger partial charge on any atom is -0.468 e. The molecule has 9 nitrogen and oxygen atoms in total. The fourth-order valence-electron chi connectivity index (χ4n) is 3.03. The first-order valence-corrected chi connectivity index (χ1v) is 10.6. The summed E-state index contributed by atoms with van der Waals surface area (Å²) in [6.45, 7) is 10.4. The summed E-state index contributed by atoms with van der Waals surface area (Å²) in [7, 11) is 1.22. The quantitative estimate of drug-likeness (QED) is 0.560. The van der Waals surface area contributed by atoms with Gasteiger partial charge >= 0.3 is 12.1 Å². The van der Waals surface area contributed by atoms with Crippen molar-refractivity contribution in [3.63, 3.8) is 0 Å². The molecule has 0 aliphatic heterocycles. The minimum atomic E-state index is -1.000. The maximum atomic E-state index is 13.5. The van der Waals surface area contributed by atoms with E-state index in [1.807, 2.05) is 0 Å². The van der Waals surface area contributed by atoms with E-state index >= 15 is 0 Å². The molecule has 1 aromatic rings. The molecule has 2 atom stereocenters. The van der Waals surface area contributed by atoms with Crippen molar-refractivity contribution in [2.45, 2.75) is 59.2 Å². The number of ether oxygens (including phenoxy) is 2. The summed E-state index contributed by atoms with van der Waals surface area (Å²) in [5, 5.41) is 5.16. The Hall–Kier alpha value is -3.10. The van der Waals surface area contributed by atoms with E-state index in [4.69, 9.17) is 4.74 Å². The smallest absolute Gasteiger partial charge is 0.408 e. The summed E-state index contributed by atoms with van der Waals surface area (Å²) in [6, 6.07) is 6.85. The first-order valence-electron chi connectivity index (χ1n) is 10.6. The van der Waals surface area contributed by atoms with Crippen LogP contribution in [0.5, 0.6) is 0 Å². The zero-order chi connectivity index (χ0) is 24.5. The number of hydrogen-bond donors (Lipinski definition) is 2. The number of carbonyl (C=O) groups excluding carboxylic acids is 4. The molecule has 32 heavy (non-hydrogen) atoms. The van der Waals surface area contributed by atoms with E-state index in [0.717, 1.165) is 0 Å². The van der Waals surface area contributed by atoms with Crippen molar-refractivity contribution < 1.29 is 28.7 Å². The molecule has 0 aliphatic carbocycles. The van der Waals surface area contributed by atoms with Crippen molar-refractivity contribution in [1.82, 2.24) is 15.5 Å². The molecule has 0 fully saturated rings. The molecule has 0 spiro atoms. The second kappa shape index (κ2) is 12.1. The van der Waals surface area contributed by atoms with E-state index in [1.165, 1.54) is 12.0 Å². The van der Waals surface area contributed by atoms with Gasteiger partial charge in [0.05, 0.1) is 7.11 Å². The van der Waals surface area contributed by atoms with Crippen LogP contribution < -0.4 is 10.6 Å². The van der Waals surface area contributed by atoms with Gasteiger partial charge in [-0.1, -0.05) is 44.2 Å². The van der Waals surface area contributed by atoms with Gasteiger partial charge in [0, 0.05) is 6.54 Å². The van der Waals surface area contributed by atoms with Gasteiger partial charge in [0.25, 0.3) is 0 Å². The van der Waals surface area contributed by atoms with E-state index in [2.05, 4.69) is 15.4 Å². The first-order chi connectivity index (χ1) is 14.9. The maximum Gasteiger partial charge on any atom is 0.408 e. The molecule has 0 saturated carbocycles. The van der Waals surface area contributed by atoms with Crippen LogP contribution in [0.25, 0.3) is 0 Å². The Labute approximate surface area is 189 Å². The normalized spacial score (nSPS) is 13.0. The first kappa shape index (κ1) is 26.9. The lowest BCUT2D eigenvalue weighted by atomic mass is 9.99. The second-order valence-corrected chi connectivity index (χ2v) is 8.60. The zero-order valence-corrected chi connectivity index (χ0v) is 19.9. The van der Waals surface area contributed by atoms with Crippen molar-refractivity contribution >= 4 is 23.9 Å². The van der Waals surface area contributed by atoms with Gasteiger partial charge in [0.1, 0.15) is 24.2 Å². The molecule has 0 heterocycles. The topological polar surface area (TPSA) is 114 Å². The fourth-order valence-corrected chi connectivity index (χ4v) is 3.03. The molecule has 1 aromatic carbocycles. The Morgan fingerprint density at radius 2 is 1.66 bits per heavy atom. The second-order valence-electron chi connectivity index (χ2n) is 8.60. The van der Waals surface area contributed by atoms with Gasteiger partial charge in [-0.3, -0.25) is 14.4 Å². The number of hydrogen-bond acceptors (Lipinski definition) is 6. The Morgan fingerprint density at radius 1 is 1.06 bits per heavy atom. The summed E-state index contributed by atoms with van der Waals surface area (Å²) >= 11 is 0. The number of rotatable bonds is 9. The average molecular weight is 450 g/mol.